The highest BCUT2D eigenvalue weighted by molar-refractivity contribution is 5.02. The summed E-state index contributed by atoms with van der Waals surface area (Å²) in [6, 6.07) is 0.499. The Morgan fingerprint density at radius 1 is 1.53 bits per heavy atom. The van der Waals surface area contributed by atoms with E-state index in [4.69, 9.17) is 4.74 Å². The van der Waals surface area contributed by atoms with Crippen LogP contribution < -0.4 is 5.32 Å². The first-order chi connectivity index (χ1) is 7.40. The van der Waals surface area contributed by atoms with Crippen molar-refractivity contribution < 1.29 is 4.74 Å². The zero-order chi connectivity index (χ0) is 10.5. The van der Waals surface area contributed by atoms with E-state index in [1.165, 1.54) is 31.2 Å². The quantitative estimate of drug-likeness (QED) is 0.789. The second-order valence-corrected chi connectivity index (χ2v) is 4.15. The Morgan fingerprint density at radius 3 is 3.13 bits per heavy atom. The van der Waals surface area contributed by atoms with Gasteiger partial charge in [0.25, 0.3) is 0 Å². The van der Waals surface area contributed by atoms with Crippen LogP contribution in [0.1, 0.15) is 31.2 Å². The molecule has 1 aliphatic carbocycles. The zero-order valence-corrected chi connectivity index (χ0v) is 9.20. The Bertz CT molecular complexity index is 273. The SMILES string of the molecule is COC1CCCCC1NCc1cn[nH]c1. The molecule has 1 saturated carbocycles. The van der Waals surface area contributed by atoms with Gasteiger partial charge in [0, 0.05) is 31.5 Å². The van der Waals surface area contributed by atoms with Crippen molar-refractivity contribution >= 4 is 0 Å². The van der Waals surface area contributed by atoms with Gasteiger partial charge in [0.1, 0.15) is 0 Å². The molecule has 0 aliphatic heterocycles. The maximum absolute atomic E-state index is 5.49. The minimum absolute atomic E-state index is 0.380. The third-order valence-corrected chi connectivity index (χ3v) is 3.13. The molecule has 15 heavy (non-hydrogen) atoms. The van der Waals surface area contributed by atoms with Gasteiger partial charge < -0.3 is 10.1 Å². The van der Waals surface area contributed by atoms with Crippen LogP contribution in [0.4, 0.5) is 0 Å². The minimum Gasteiger partial charge on any atom is -0.380 e. The fourth-order valence-electron chi connectivity index (χ4n) is 2.24. The topological polar surface area (TPSA) is 49.9 Å². The van der Waals surface area contributed by atoms with E-state index in [1.807, 2.05) is 19.5 Å². The molecule has 4 nitrogen and oxygen atoms in total. The minimum atomic E-state index is 0.380. The largest absolute Gasteiger partial charge is 0.380 e. The molecular weight excluding hydrogens is 190 g/mol. The summed E-state index contributed by atoms with van der Waals surface area (Å²) in [4.78, 5) is 0. The monoisotopic (exact) mass is 209 g/mol. The normalized spacial score (nSPS) is 26.7. The zero-order valence-electron chi connectivity index (χ0n) is 9.20. The lowest BCUT2D eigenvalue weighted by molar-refractivity contribution is 0.0413. The van der Waals surface area contributed by atoms with Crippen LogP contribution >= 0.6 is 0 Å². The summed E-state index contributed by atoms with van der Waals surface area (Å²) in [5.74, 6) is 0. The molecule has 1 heterocycles. The number of methoxy groups -OCH3 is 1. The van der Waals surface area contributed by atoms with Crippen molar-refractivity contribution in [1.29, 1.82) is 0 Å². The molecule has 2 N–H and O–H groups in total. The molecule has 0 aromatic carbocycles. The highest BCUT2D eigenvalue weighted by Gasteiger charge is 2.24. The van der Waals surface area contributed by atoms with E-state index in [2.05, 4.69) is 15.5 Å². The smallest absolute Gasteiger partial charge is 0.0724 e. The summed E-state index contributed by atoms with van der Waals surface area (Å²) < 4.78 is 5.49. The first-order valence-electron chi connectivity index (χ1n) is 5.64. The van der Waals surface area contributed by atoms with Crippen LogP contribution in [0.5, 0.6) is 0 Å². The van der Waals surface area contributed by atoms with E-state index in [1.54, 1.807) is 0 Å². The van der Waals surface area contributed by atoms with Crippen molar-refractivity contribution in [2.24, 2.45) is 0 Å². The fourth-order valence-corrected chi connectivity index (χ4v) is 2.24. The van der Waals surface area contributed by atoms with Crippen LogP contribution in [0.15, 0.2) is 12.4 Å². The molecule has 0 amide bonds. The number of hydrogen-bond donors (Lipinski definition) is 2. The Kier molecular flexibility index (Phi) is 3.75. The number of nitrogens with one attached hydrogen (secondary N) is 2. The van der Waals surface area contributed by atoms with Crippen molar-refractivity contribution in [3.63, 3.8) is 0 Å². The van der Waals surface area contributed by atoms with Crippen LogP contribution in [-0.4, -0.2) is 29.5 Å². The lowest BCUT2D eigenvalue weighted by Crippen LogP contribution is -2.42. The van der Waals surface area contributed by atoms with Crippen molar-refractivity contribution in [3.8, 4) is 0 Å². The van der Waals surface area contributed by atoms with Gasteiger partial charge >= 0.3 is 0 Å². The van der Waals surface area contributed by atoms with Gasteiger partial charge in [0.2, 0.25) is 0 Å². The number of aromatic amines is 1. The molecule has 84 valence electrons. The lowest BCUT2D eigenvalue weighted by Gasteiger charge is -2.31. The lowest BCUT2D eigenvalue weighted by atomic mass is 9.92. The van der Waals surface area contributed by atoms with E-state index in [9.17, 15) is 0 Å². The molecule has 2 atom stereocenters. The van der Waals surface area contributed by atoms with Crippen LogP contribution in [0.25, 0.3) is 0 Å². The van der Waals surface area contributed by atoms with Gasteiger partial charge in [-0.05, 0) is 12.8 Å². The van der Waals surface area contributed by atoms with Crippen molar-refractivity contribution in [2.45, 2.75) is 44.4 Å². The highest BCUT2D eigenvalue weighted by atomic mass is 16.5. The van der Waals surface area contributed by atoms with Gasteiger partial charge in [-0.1, -0.05) is 12.8 Å². The number of hydrogen-bond acceptors (Lipinski definition) is 3. The molecule has 2 unspecified atom stereocenters. The Labute approximate surface area is 90.4 Å². The summed E-state index contributed by atoms with van der Waals surface area (Å²) >= 11 is 0. The van der Waals surface area contributed by atoms with Crippen LogP contribution in [0.3, 0.4) is 0 Å². The molecule has 0 bridgehead atoms. The summed E-state index contributed by atoms with van der Waals surface area (Å²) in [6.45, 7) is 0.876. The maximum atomic E-state index is 5.49. The Hall–Kier alpha value is -0.870. The number of nitrogens with zero attached hydrogens (tertiary/aromatic N) is 1. The number of aromatic nitrogens is 2. The van der Waals surface area contributed by atoms with E-state index in [-0.39, 0.29) is 0 Å². The first kappa shape index (κ1) is 10.6. The molecule has 1 aromatic rings. The maximum Gasteiger partial charge on any atom is 0.0724 e. The second kappa shape index (κ2) is 5.28. The second-order valence-electron chi connectivity index (χ2n) is 4.15. The number of rotatable bonds is 4. The summed E-state index contributed by atoms with van der Waals surface area (Å²) in [7, 11) is 1.81. The van der Waals surface area contributed by atoms with Crippen LogP contribution in [0.2, 0.25) is 0 Å². The molecule has 1 aliphatic rings. The molecule has 0 radical (unpaired) electrons. The Morgan fingerprint density at radius 2 is 2.40 bits per heavy atom. The third-order valence-electron chi connectivity index (χ3n) is 3.13. The van der Waals surface area contributed by atoms with E-state index in [0.29, 0.717) is 12.1 Å². The number of H-pyrrole nitrogens is 1. The predicted octanol–water partition coefficient (Wildman–Crippen LogP) is 1.46. The highest BCUT2D eigenvalue weighted by Crippen LogP contribution is 2.20. The van der Waals surface area contributed by atoms with Gasteiger partial charge in [-0.25, -0.2) is 0 Å². The van der Waals surface area contributed by atoms with Gasteiger partial charge in [-0.2, -0.15) is 5.10 Å². The van der Waals surface area contributed by atoms with E-state index < -0.39 is 0 Å². The van der Waals surface area contributed by atoms with Crippen LogP contribution in [0, 0.1) is 0 Å². The average molecular weight is 209 g/mol. The summed E-state index contributed by atoms with van der Waals surface area (Å²) in [5, 5.41) is 10.3. The van der Waals surface area contributed by atoms with E-state index >= 15 is 0 Å². The van der Waals surface area contributed by atoms with Gasteiger partial charge in [0.15, 0.2) is 0 Å². The first-order valence-corrected chi connectivity index (χ1v) is 5.64. The third kappa shape index (κ3) is 2.79. The summed E-state index contributed by atoms with van der Waals surface area (Å²) in [5.41, 5.74) is 1.20. The molecular formula is C11H19N3O. The molecule has 1 fully saturated rings. The van der Waals surface area contributed by atoms with Crippen molar-refractivity contribution in [2.75, 3.05) is 7.11 Å². The number of ether oxygens (including phenoxy) is 1. The van der Waals surface area contributed by atoms with Crippen molar-refractivity contribution in [1.82, 2.24) is 15.5 Å². The summed E-state index contributed by atoms with van der Waals surface area (Å²) in [6.07, 6.45) is 9.17. The van der Waals surface area contributed by atoms with E-state index in [0.717, 1.165) is 6.54 Å². The Balaban J connectivity index is 1.81. The molecule has 2 rings (SSSR count). The molecule has 1 aromatic heterocycles. The van der Waals surface area contributed by atoms with Crippen LogP contribution in [-0.2, 0) is 11.3 Å². The average Bonchev–Trinajstić information content (AvgIpc) is 2.79. The molecule has 0 spiro atoms. The van der Waals surface area contributed by atoms with Gasteiger partial charge in [-0.3, -0.25) is 5.10 Å². The predicted molar refractivity (Wildman–Crippen MR) is 58.5 cm³/mol. The van der Waals surface area contributed by atoms with Gasteiger partial charge in [0.05, 0.1) is 12.3 Å². The molecule has 0 saturated heterocycles. The van der Waals surface area contributed by atoms with Crippen molar-refractivity contribution in [3.05, 3.63) is 18.0 Å². The fraction of sp³-hybridized carbons (Fsp3) is 0.727. The standard InChI is InChI=1S/C11H19N3O/c1-15-11-5-3-2-4-10(11)12-6-9-7-13-14-8-9/h7-8,10-12H,2-6H2,1H3,(H,13,14). The van der Waals surface area contributed by atoms with Gasteiger partial charge in [-0.15, -0.1) is 0 Å². The molecule has 4 heteroatoms.